The minimum absolute atomic E-state index is 0.0640. The second-order valence-corrected chi connectivity index (χ2v) is 8.62. The minimum atomic E-state index is 0.0640. The van der Waals surface area contributed by atoms with E-state index in [1.807, 2.05) is 17.4 Å². The van der Waals surface area contributed by atoms with Crippen molar-refractivity contribution in [2.24, 2.45) is 0 Å². The van der Waals surface area contributed by atoms with Crippen LogP contribution in [0.4, 0.5) is 5.13 Å². The molecular weight excluding hydrogens is 332 g/mol. The molecule has 25 heavy (non-hydrogen) atoms. The molecule has 0 amide bonds. The van der Waals surface area contributed by atoms with Crippen molar-refractivity contribution in [3.63, 3.8) is 0 Å². The number of hydrogen-bond acceptors (Lipinski definition) is 5. The monoisotopic (exact) mass is 356 g/mol. The van der Waals surface area contributed by atoms with Crippen LogP contribution in [0.15, 0.2) is 10.9 Å². The summed E-state index contributed by atoms with van der Waals surface area (Å²) in [6, 6.07) is 2.18. The zero-order valence-electron chi connectivity index (χ0n) is 14.5. The lowest BCUT2D eigenvalue weighted by Gasteiger charge is -2.25. The van der Waals surface area contributed by atoms with Gasteiger partial charge < -0.3 is 4.90 Å². The smallest absolute Gasteiger partial charge is 0.267 e. The summed E-state index contributed by atoms with van der Waals surface area (Å²) in [4.78, 5) is 21.3. The SMILES string of the molecule is O=c1cc2c(nn1CC1CCCN1c1nc3c(s1)CCC3)CCCC2. The van der Waals surface area contributed by atoms with Crippen LogP contribution in [0, 0.1) is 0 Å². The Morgan fingerprint density at radius 1 is 1.08 bits per heavy atom. The summed E-state index contributed by atoms with van der Waals surface area (Å²) in [5, 5.41) is 5.88. The molecular formula is C19H24N4OS. The van der Waals surface area contributed by atoms with Crippen LogP contribution >= 0.6 is 11.3 Å². The van der Waals surface area contributed by atoms with E-state index in [1.165, 1.54) is 53.4 Å². The van der Waals surface area contributed by atoms with Gasteiger partial charge in [-0.2, -0.15) is 5.10 Å². The summed E-state index contributed by atoms with van der Waals surface area (Å²) in [5.74, 6) is 0. The molecule has 0 bridgehead atoms. The summed E-state index contributed by atoms with van der Waals surface area (Å²) in [6.45, 7) is 1.74. The predicted octanol–water partition coefficient (Wildman–Crippen LogP) is 2.74. The molecule has 3 aliphatic rings. The van der Waals surface area contributed by atoms with Crippen molar-refractivity contribution in [1.29, 1.82) is 0 Å². The van der Waals surface area contributed by atoms with Crippen molar-refractivity contribution in [2.75, 3.05) is 11.4 Å². The van der Waals surface area contributed by atoms with Crippen LogP contribution in [-0.4, -0.2) is 27.4 Å². The van der Waals surface area contributed by atoms with E-state index in [4.69, 9.17) is 10.1 Å². The van der Waals surface area contributed by atoms with Crippen LogP contribution in [-0.2, 0) is 32.2 Å². The molecule has 6 heteroatoms. The van der Waals surface area contributed by atoms with E-state index in [9.17, 15) is 4.79 Å². The van der Waals surface area contributed by atoms with Crippen molar-refractivity contribution < 1.29 is 0 Å². The van der Waals surface area contributed by atoms with Crippen LogP contribution in [0.1, 0.15) is 53.9 Å². The van der Waals surface area contributed by atoms with Gasteiger partial charge in [-0.05, 0) is 63.4 Å². The fraction of sp³-hybridized carbons (Fsp3) is 0.632. The summed E-state index contributed by atoms with van der Waals surface area (Å²) < 4.78 is 1.72. The molecule has 0 spiro atoms. The number of rotatable bonds is 3. The molecule has 2 aliphatic carbocycles. The molecule has 5 rings (SSSR count). The fourth-order valence-corrected chi connectivity index (χ4v) is 5.75. The lowest BCUT2D eigenvalue weighted by molar-refractivity contribution is 0.473. The average molecular weight is 356 g/mol. The Labute approximate surface area is 151 Å². The highest BCUT2D eigenvalue weighted by atomic mass is 32.1. The van der Waals surface area contributed by atoms with Gasteiger partial charge in [-0.25, -0.2) is 9.67 Å². The zero-order chi connectivity index (χ0) is 16.8. The molecule has 2 aromatic rings. The van der Waals surface area contributed by atoms with Gasteiger partial charge in [-0.15, -0.1) is 11.3 Å². The third-order valence-corrected chi connectivity index (χ3v) is 7.06. The second-order valence-electron chi connectivity index (χ2n) is 7.55. The van der Waals surface area contributed by atoms with Crippen molar-refractivity contribution in [2.45, 2.75) is 70.4 Å². The Morgan fingerprint density at radius 2 is 1.96 bits per heavy atom. The molecule has 1 aliphatic heterocycles. The third kappa shape index (κ3) is 2.80. The number of fused-ring (bicyclic) bond motifs is 2. The molecule has 0 N–H and O–H groups in total. The lowest BCUT2D eigenvalue weighted by Crippen LogP contribution is -2.37. The molecule has 0 saturated carbocycles. The van der Waals surface area contributed by atoms with E-state index < -0.39 is 0 Å². The Balaban J connectivity index is 1.40. The molecule has 0 aromatic carbocycles. The van der Waals surface area contributed by atoms with E-state index >= 15 is 0 Å². The van der Waals surface area contributed by atoms with Crippen LogP contribution in [0.5, 0.6) is 0 Å². The molecule has 1 unspecified atom stereocenters. The van der Waals surface area contributed by atoms with Gasteiger partial charge in [0.15, 0.2) is 5.13 Å². The van der Waals surface area contributed by atoms with Gasteiger partial charge in [0.05, 0.1) is 24.0 Å². The standard InChI is InChI=1S/C19H24N4OS/c24-18-11-13-5-1-2-7-15(13)21-23(18)12-14-6-4-10-22(14)19-20-16-8-3-9-17(16)25-19/h11,14H,1-10,12H2. The minimum Gasteiger partial charge on any atom is -0.343 e. The molecule has 2 aromatic heterocycles. The number of thiazole rings is 1. The highest BCUT2D eigenvalue weighted by Crippen LogP contribution is 2.36. The highest BCUT2D eigenvalue weighted by molar-refractivity contribution is 7.15. The average Bonchev–Trinajstić information content (AvgIpc) is 3.30. The van der Waals surface area contributed by atoms with Crippen LogP contribution in [0.3, 0.4) is 0 Å². The van der Waals surface area contributed by atoms with Gasteiger partial charge in [-0.1, -0.05) is 0 Å². The normalized spacial score (nSPS) is 22.2. The maximum atomic E-state index is 12.5. The van der Waals surface area contributed by atoms with Crippen molar-refractivity contribution in [1.82, 2.24) is 14.8 Å². The number of aromatic nitrogens is 3. The topological polar surface area (TPSA) is 51.0 Å². The zero-order valence-corrected chi connectivity index (χ0v) is 15.4. The molecule has 1 atom stereocenters. The Kier molecular flexibility index (Phi) is 3.88. The van der Waals surface area contributed by atoms with Gasteiger partial charge >= 0.3 is 0 Å². The van der Waals surface area contributed by atoms with E-state index in [0.29, 0.717) is 12.6 Å². The first-order valence-electron chi connectivity index (χ1n) is 9.63. The Hall–Kier alpha value is -1.69. The first-order valence-corrected chi connectivity index (χ1v) is 10.4. The summed E-state index contributed by atoms with van der Waals surface area (Å²) >= 11 is 1.87. The van der Waals surface area contributed by atoms with E-state index in [-0.39, 0.29) is 5.56 Å². The quantitative estimate of drug-likeness (QED) is 0.848. The third-order valence-electron chi connectivity index (χ3n) is 5.86. The maximum absolute atomic E-state index is 12.5. The number of hydrogen-bond donors (Lipinski definition) is 0. The Morgan fingerprint density at radius 3 is 2.88 bits per heavy atom. The van der Waals surface area contributed by atoms with Gasteiger partial charge in [-0.3, -0.25) is 4.79 Å². The maximum Gasteiger partial charge on any atom is 0.267 e. The molecule has 132 valence electrons. The number of aryl methyl sites for hydroxylation is 4. The van der Waals surface area contributed by atoms with Gasteiger partial charge in [0.1, 0.15) is 0 Å². The first-order chi connectivity index (χ1) is 12.3. The fourth-order valence-electron chi connectivity index (χ4n) is 4.51. The lowest BCUT2D eigenvalue weighted by atomic mass is 9.97. The van der Waals surface area contributed by atoms with Crippen LogP contribution in [0.25, 0.3) is 0 Å². The van der Waals surface area contributed by atoms with E-state index in [0.717, 1.165) is 37.9 Å². The Bertz CT molecular complexity index is 834. The molecule has 1 fully saturated rings. The first kappa shape index (κ1) is 15.6. The molecule has 1 saturated heterocycles. The van der Waals surface area contributed by atoms with Gasteiger partial charge in [0.2, 0.25) is 0 Å². The van der Waals surface area contributed by atoms with E-state index in [1.54, 1.807) is 4.68 Å². The van der Waals surface area contributed by atoms with Gasteiger partial charge in [0.25, 0.3) is 5.56 Å². The highest BCUT2D eigenvalue weighted by Gasteiger charge is 2.30. The largest absolute Gasteiger partial charge is 0.343 e. The second kappa shape index (κ2) is 6.24. The van der Waals surface area contributed by atoms with Crippen molar-refractivity contribution >= 4 is 16.5 Å². The summed E-state index contributed by atoms with van der Waals surface area (Å²) in [6.07, 6.45) is 10.3. The number of nitrogens with zero attached hydrogens (tertiary/aromatic N) is 4. The predicted molar refractivity (Wildman–Crippen MR) is 99.6 cm³/mol. The van der Waals surface area contributed by atoms with Gasteiger partial charge in [0, 0.05) is 17.5 Å². The molecule has 0 radical (unpaired) electrons. The molecule has 5 nitrogen and oxygen atoms in total. The summed E-state index contributed by atoms with van der Waals surface area (Å²) in [7, 11) is 0. The molecule has 3 heterocycles. The van der Waals surface area contributed by atoms with E-state index in [2.05, 4.69) is 4.90 Å². The van der Waals surface area contributed by atoms with Crippen LogP contribution < -0.4 is 10.5 Å². The number of anilines is 1. The summed E-state index contributed by atoms with van der Waals surface area (Å²) in [5.41, 5.74) is 3.69. The van der Waals surface area contributed by atoms with Crippen LogP contribution in [0.2, 0.25) is 0 Å². The van der Waals surface area contributed by atoms with Crippen molar-refractivity contribution in [3.8, 4) is 0 Å². The van der Waals surface area contributed by atoms with Crippen molar-refractivity contribution in [3.05, 3.63) is 38.2 Å².